The van der Waals surface area contributed by atoms with Gasteiger partial charge in [-0.25, -0.2) is 19.4 Å². The molecule has 2 amide bonds. The maximum Gasteiger partial charge on any atom is 1.00 e. The standard InChI is InChI=1S/C15H13FN4O3.Na.H/c1-9(13-12(14(21)22)6-3-7-17-13)19-20-15(23)18-11-5-2-4-10(16)8-11;;/h2-8H,1H3,(H,21,22)(H2,18,20,23);;/q;+1;-1. The number of carbonyl (C=O) groups excluding carboxylic acids is 1. The van der Waals surface area contributed by atoms with Crippen LogP contribution in [0.25, 0.3) is 0 Å². The number of nitrogens with one attached hydrogen (secondary N) is 2. The van der Waals surface area contributed by atoms with E-state index in [0.717, 1.165) is 6.07 Å². The SMILES string of the molecule is CC(=NNC(=O)Nc1cccc(F)c1)c1ncccc1C(=O)O.[H-].[Na+]. The smallest absolute Gasteiger partial charge is 1.00 e. The number of carboxylic acid groups (broad SMARTS) is 1. The third-order valence-electron chi connectivity index (χ3n) is 2.79. The van der Waals surface area contributed by atoms with E-state index in [0.29, 0.717) is 0 Å². The molecular formula is C15H14FN4NaO3. The Kier molecular flexibility index (Phi) is 7.50. The van der Waals surface area contributed by atoms with Gasteiger partial charge in [-0.2, -0.15) is 5.10 Å². The zero-order valence-electron chi connectivity index (χ0n) is 14.1. The molecule has 0 unspecified atom stereocenters. The Morgan fingerprint density at radius 3 is 2.71 bits per heavy atom. The number of anilines is 1. The number of aromatic nitrogens is 1. The number of halogens is 1. The number of urea groups is 1. The maximum atomic E-state index is 13.0. The number of nitrogens with zero attached hydrogens (tertiary/aromatic N) is 2. The summed E-state index contributed by atoms with van der Waals surface area (Å²) in [5.74, 6) is -1.63. The van der Waals surface area contributed by atoms with Gasteiger partial charge in [0.2, 0.25) is 0 Å². The van der Waals surface area contributed by atoms with Crippen LogP contribution < -0.4 is 40.3 Å². The molecule has 0 atom stereocenters. The van der Waals surface area contributed by atoms with E-state index in [1.165, 1.54) is 43.5 Å². The largest absolute Gasteiger partial charge is 1.00 e. The molecule has 3 N–H and O–H groups in total. The fraction of sp³-hybridized carbons (Fsp3) is 0.0667. The zero-order valence-corrected chi connectivity index (χ0v) is 15.1. The molecule has 1 heterocycles. The van der Waals surface area contributed by atoms with Gasteiger partial charge in [0, 0.05) is 11.9 Å². The van der Waals surface area contributed by atoms with Gasteiger partial charge in [0.1, 0.15) is 11.5 Å². The van der Waals surface area contributed by atoms with E-state index in [4.69, 9.17) is 5.11 Å². The Morgan fingerprint density at radius 1 is 1.29 bits per heavy atom. The van der Waals surface area contributed by atoms with Crippen LogP contribution in [0.1, 0.15) is 24.4 Å². The molecule has 2 rings (SSSR count). The average molecular weight is 340 g/mol. The molecule has 0 aliphatic rings. The van der Waals surface area contributed by atoms with Gasteiger partial charge in [0.05, 0.1) is 11.3 Å². The molecule has 1 aromatic heterocycles. The van der Waals surface area contributed by atoms with Gasteiger partial charge in [-0.15, -0.1) is 0 Å². The van der Waals surface area contributed by atoms with Crippen molar-refractivity contribution in [3.05, 3.63) is 59.7 Å². The first-order valence-electron chi connectivity index (χ1n) is 6.53. The molecule has 0 bridgehead atoms. The van der Waals surface area contributed by atoms with E-state index >= 15 is 0 Å². The van der Waals surface area contributed by atoms with E-state index in [1.807, 2.05) is 0 Å². The molecule has 120 valence electrons. The molecule has 9 heteroatoms. The number of aromatic carboxylic acids is 1. The van der Waals surface area contributed by atoms with E-state index in [2.05, 4.69) is 20.8 Å². The molecule has 0 aliphatic carbocycles. The number of hydrogen-bond donors (Lipinski definition) is 3. The van der Waals surface area contributed by atoms with Crippen molar-refractivity contribution in [1.29, 1.82) is 0 Å². The second kappa shape index (κ2) is 9.11. The Labute approximate surface area is 160 Å². The summed E-state index contributed by atoms with van der Waals surface area (Å²) < 4.78 is 13.0. The molecule has 1 aromatic carbocycles. The van der Waals surface area contributed by atoms with Crippen LogP contribution >= 0.6 is 0 Å². The van der Waals surface area contributed by atoms with Crippen molar-refractivity contribution in [3.63, 3.8) is 0 Å². The minimum absolute atomic E-state index is 0. The topological polar surface area (TPSA) is 104 Å². The third-order valence-corrected chi connectivity index (χ3v) is 2.79. The zero-order chi connectivity index (χ0) is 16.8. The van der Waals surface area contributed by atoms with Gasteiger partial charge in [-0.1, -0.05) is 6.07 Å². The summed E-state index contributed by atoms with van der Waals surface area (Å²) >= 11 is 0. The van der Waals surface area contributed by atoms with Crippen LogP contribution in [-0.2, 0) is 0 Å². The molecule has 2 aromatic rings. The number of carboxylic acids is 1. The molecule has 7 nitrogen and oxygen atoms in total. The van der Waals surface area contributed by atoms with E-state index in [-0.39, 0.29) is 53.6 Å². The molecule has 0 saturated carbocycles. The van der Waals surface area contributed by atoms with Gasteiger partial charge in [-0.05, 0) is 37.3 Å². The van der Waals surface area contributed by atoms with Gasteiger partial charge in [-0.3, -0.25) is 4.98 Å². The van der Waals surface area contributed by atoms with Crippen LogP contribution in [0.3, 0.4) is 0 Å². The first-order valence-corrected chi connectivity index (χ1v) is 6.53. The minimum Gasteiger partial charge on any atom is -1.00 e. The number of pyridine rings is 1. The molecule has 0 spiro atoms. The van der Waals surface area contributed by atoms with Gasteiger partial charge in [0.25, 0.3) is 0 Å². The van der Waals surface area contributed by atoms with Crippen molar-refractivity contribution in [2.24, 2.45) is 5.10 Å². The normalized spacial score (nSPS) is 10.5. The van der Waals surface area contributed by atoms with Gasteiger partial charge < -0.3 is 11.8 Å². The van der Waals surface area contributed by atoms with E-state index in [9.17, 15) is 14.0 Å². The predicted octanol–water partition coefficient (Wildman–Crippen LogP) is -0.419. The fourth-order valence-corrected chi connectivity index (χ4v) is 1.78. The summed E-state index contributed by atoms with van der Waals surface area (Å²) in [6, 6.07) is 7.55. The summed E-state index contributed by atoms with van der Waals surface area (Å²) in [6.45, 7) is 1.51. The van der Waals surface area contributed by atoms with E-state index in [1.54, 1.807) is 0 Å². The number of carbonyl (C=O) groups is 2. The van der Waals surface area contributed by atoms with E-state index < -0.39 is 17.8 Å². The molecular weight excluding hydrogens is 326 g/mol. The Morgan fingerprint density at radius 2 is 2.04 bits per heavy atom. The number of rotatable bonds is 4. The van der Waals surface area contributed by atoms with Crippen LogP contribution in [0.5, 0.6) is 0 Å². The Balaban J connectivity index is 0.00000288. The summed E-state index contributed by atoms with van der Waals surface area (Å²) in [4.78, 5) is 26.7. The first-order chi connectivity index (χ1) is 11.0. The van der Waals surface area contributed by atoms with Gasteiger partial charge in [0.15, 0.2) is 0 Å². The second-order valence-electron chi connectivity index (χ2n) is 4.48. The predicted molar refractivity (Wildman–Crippen MR) is 83.1 cm³/mol. The minimum atomic E-state index is -1.15. The molecule has 0 radical (unpaired) electrons. The Hall–Kier alpha value is -2.29. The van der Waals surface area contributed by atoms with Crippen LogP contribution in [0, 0.1) is 5.82 Å². The maximum absolute atomic E-state index is 13.0. The quantitative estimate of drug-likeness (QED) is 0.400. The van der Waals surface area contributed by atoms with Crippen molar-refractivity contribution in [2.45, 2.75) is 6.92 Å². The number of amides is 2. The number of hydrazone groups is 1. The summed E-state index contributed by atoms with van der Waals surface area (Å²) in [5.41, 5.74) is 2.80. The van der Waals surface area contributed by atoms with Crippen molar-refractivity contribution >= 4 is 23.4 Å². The number of benzene rings is 1. The van der Waals surface area contributed by atoms with Gasteiger partial charge >= 0.3 is 41.6 Å². The summed E-state index contributed by atoms with van der Waals surface area (Å²) in [5, 5.41) is 15.3. The summed E-state index contributed by atoms with van der Waals surface area (Å²) in [6.07, 6.45) is 1.42. The molecule has 24 heavy (non-hydrogen) atoms. The average Bonchev–Trinajstić information content (AvgIpc) is 2.52. The third kappa shape index (κ3) is 5.41. The van der Waals surface area contributed by atoms with Crippen LogP contribution in [0.2, 0.25) is 0 Å². The summed E-state index contributed by atoms with van der Waals surface area (Å²) in [7, 11) is 0. The van der Waals surface area contributed by atoms with Crippen molar-refractivity contribution in [2.75, 3.05) is 5.32 Å². The molecule has 0 fully saturated rings. The fourth-order valence-electron chi connectivity index (χ4n) is 1.78. The second-order valence-corrected chi connectivity index (χ2v) is 4.48. The number of hydrogen-bond acceptors (Lipinski definition) is 4. The molecule has 0 aliphatic heterocycles. The van der Waals surface area contributed by atoms with Crippen LogP contribution in [-0.4, -0.2) is 27.8 Å². The van der Waals surface area contributed by atoms with Crippen molar-refractivity contribution in [1.82, 2.24) is 10.4 Å². The first kappa shape index (κ1) is 19.8. The monoisotopic (exact) mass is 340 g/mol. The van der Waals surface area contributed by atoms with Crippen LogP contribution in [0.15, 0.2) is 47.7 Å². The van der Waals surface area contributed by atoms with Crippen molar-refractivity contribution in [3.8, 4) is 0 Å². The van der Waals surface area contributed by atoms with Crippen LogP contribution in [0.4, 0.5) is 14.9 Å². The van der Waals surface area contributed by atoms with Crippen molar-refractivity contribution < 1.29 is 50.1 Å². The Bertz CT molecular complexity index is 789. The molecule has 0 saturated heterocycles.